The van der Waals surface area contributed by atoms with E-state index in [1.165, 1.54) is 12.8 Å². The molecule has 3 aliphatic rings. The molecule has 2 aromatic carbocycles. The fourth-order valence-electron chi connectivity index (χ4n) is 5.84. The zero-order chi connectivity index (χ0) is 26.1. The van der Waals surface area contributed by atoms with Gasteiger partial charge in [0, 0.05) is 49.4 Å². The van der Waals surface area contributed by atoms with Gasteiger partial charge in [-0.15, -0.1) is 0 Å². The lowest BCUT2D eigenvalue weighted by Gasteiger charge is -2.49. The molecule has 0 N–H and O–H groups in total. The molecule has 3 fully saturated rings. The molecule has 1 spiro atoms. The van der Waals surface area contributed by atoms with Gasteiger partial charge in [0.25, 0.3) is 5.91 Å². The molecule has 2 atom stereocenters. The average Bonchev–Trinajstić information content (AvgIpc) is 3.64. The second-order valence-corrected chi connectivity index (χ2v) is 11.4. The molecular weight excluding hydrogens is 502 g/mol. The van der Waals surface area contributed by atoms with Crippen molar-refractivity contribution >= 4 is 23.4 Å². The van der Waals surface area contributed by atoms with Gasteiger partial charge in [0.15, 0.2) is 0 Å². The molecule has 8 heteroatoms. The van der Waals surface area contributed by atoms with E-state index in [0.29, 0.717) is 49.2 Å². The summed E-state index contributed by atoms with van der Waals surface area (Å²) in [5.74, 6) is 0.693. The average molecular weight is 534 g/mol. The highest BCUT2D eigenvalue weighted by Gasteiger charge is 2.51. The number of benzene rings is 2. The standard InChI is InChI=1S/C30H32ClN3O4/c31-24-9-4-6-22(14-24)17-34-18-25(37-19-21-10-11-21)16-30(29(34)36)12-5-13-33(20-30)28(35)27-15-26(32-38-27)23-7-2-1-3-8-23/h1-4,6-9,14-15,21,25H,5,10-13,16-20H2/t25-,30-/m0/s1. The predicted molar refractivity (Wildman–Crippen MR) is 143 cm³/mol. The molecule has 1 aliphatic carbocycles. The van der Waals surface area contributed by atoms with Crippen LogP contribution >= 0.6 is 11.6 Å². The molecule has 2 amide bonds. The van der Waals surface area contributed by atoms with Crippen molar-refractivity contribution in [2.45, 2.75) is 44.8 Å². The van der Waals surface area contributed by atoms with E-state index in [0.717, 1.165) is 30.6 Å². The van der Waals surface area contributed by atoms with Crippen molar-refractivity contribution in [2.24, 2.45) is 11.3 Å². The van der Waals surface area contributed by atoms with Crippen LogP contribution in [0.25, 0.3) is 11.3 Å². The largest absolute Gasteiger partial charge is 0.376 e. The highest BCUT2D eigenvalue weighted by molar-refractivity contribution is 6.30. The Hall–Kier alpha value is -3.16. The molecule has 3 heterocycles. The summed E-state index contributed by atoms with van der Waals surface area (Å²) < 4.78 is 11.8. The third-order valence-corrected chi connectivity index (χ3v) is 8.20. The Morgan fingerprint density at radius 2 is 1.97 bits per heavy atom. The van der Waals surface area contributed by atoms with E-state index in [1.54, 1.807) is 11.0 Å². The number of ether oxygens (including phenoxy) is 1. The summed E-state index contributed by atoms with van der Waals surface area (Å²) in [7, 11) is 0. The van der Waals surface area contributed by atoms with Gasteiger partial charge in [-0.1, -0.05) is 59.2 Å². The third-order valence-electron chi connectivity index (χ3n) is 7.96. The van der Waals surface area contributed by atoms with Crippen LogP contribution in [-0.2, 0) is 16.1 Å². The lowest BCUT2D eigenvalue weighted by molar-refractivity contribution is -0.160. The van der Waals surface area contributed by atoms with Crippen LogP contribution in [0.3, 0.4) is 0 Å². The van der Waals surface area contributed by atoms with Gasteiger partial charge >= 0.3 is 0 Å². The highest BCUT2D eigenvalue weighted by Crippen LogP contribution is 2.42. The maximum Gasteiger partial charge on any atom is 0.292 e. The van der Waals surface area contributed by atoms with Gasteiger partial charge in [0.05, 0.1) is 11.5 Å². The van der Waals surface area contributed by atoms with Gasteiger partial charge in [-0.25, -0.2) is 0 Å². The summed E-state index contributed by atoms with van der Waals surface area (Å²) in [6.07, 6.45) is 4.48. The van der Waals surface area contributed by atoms with Crippen molar-refractivity contribution in [3.63, 3.8) is 0 Å². The lowest BCUT2D eigenvalue weighted by Crippen LogP contribution is -2.60. The van der Waals surface area contributed by atoms with E-state index >= 15 is 0 Å². The van der Waals surface area contributed by atoms with Crippen LogP contribution in [0.15, 0.2) is 65.2 Å². The first-order valence-electron chi connectivity index (χ1n) is 13.5. The highest BCUT2D eigenvalue weighted by atomic mass is 35.5. The van der Waals surface area contributed by atoms with Crippen LogP contribution in [0, 0.1) is 11.3 Å². The smallest absolute Gasteiger partial charge is 0.292 e. The van der Waals surface area contributed by atoms with E-state index in [2.05, 4.69) is 5.16 Å². The number of likely N-dealkylation sites (tertiary alicyclic amines) is 2. The maximum atomic E-state index is 14.0. The molecule has 0 radical (unpaired) electrons. The minimum absolute atomic E-state index is 0.0579. The Balaban J connectivity index is 1.22. The molecule has 38 heavy (non-hydrogen) atoms. The first-order chi connectivity index (χ1) is 18.5. The number of rotatable bonds is 7. The Morgan fingerprint density at radius 1 is 1.13 bits per heavy atom. The van der Waals surface area contributed by atoms with Gasteiger partial charge in [-0.05, 0) is 55.7 Å². The third kappa shape index (κ3) is 5.36. The van der Waals surface area contributed by atoms with Crippen LogP contribution in [0.2, 0.25) is 5.02 Å². The van der Waals surface area contributed by atoms with Gasteiger partial charge in [-0.2, -0.15) is 0 Å². The number of carbonyl (C=O) groups is 2. The number of aromatic nitrogens is 1. The van der Waals surface area contributed by atoms with E-state index in [1.807, 2.05) is 59.5 Å². The number of nitrogens with zero attached hydrogens (tertiary/aromatic N) is 3. The van der Waals surface area contributed by atoms with Gasteiger partial charge < -0.3 is 19.1 Å². The minimum Gasteiger partial charge on any atom is -0.376 e. The van der Waals surface area contributed by atoms with Crippen molar-refractivity contribution < 1.29 is 18.8 Å². The predicted octanol–water partition coefficient (Wildman–Crippen LogP) is 5.45. The van der Waals surface area contributed by atoms with Crippen LogP contribution < -0.4 is 0 Å². The first-order valence-corrected chi connectivity index (χ1v) is 13.8. The molecule has 7 nitrogen and oxygen atoms in total. The van der Waals surface area contributed by atoms with E-state index < -0.39 is 5.41 Å². The number of hydrogen-bond acceptors (Lipinski definition) is 5. The second kappa shape index (κ2) is 10.5. The monoisotopic (exact) mass is 533 g/mol. The maximum absolute atomic E-state index is 14.0. The summed E-state index contributed by atoms with van der Waals surface area (Å²) >= 11 is 6.23. The topological polar surface area (TPSA) is 75.9 Å². The molecule has 3 aromatic rings. The normalized spacial score (nSPS) is 23.7. The SMILES string of the molecule is O=C(c1cc(-c2ccccc2)no1)N1CCC[C@]2(C[C@H](OCC3CC3)CN(Cc3cccc(Cl)c3)C2=O)C1. The fraction of sp³-hybridized carbons (Fsp3) is 0.433. The summed E-state index contributed by atoms with van der Waals surface area (Å²) in [6.45, 7) is 2.69. The van der Waals surface area contributed by atoms with Crippen molar-refractivity contribution in [3.05, 3.63) is 77.0 Å². The Kier molecular flexibility index (Phi) is 6.97. The molecule has 1 saturated carbocycles. The van der Waals surface area contributed by atoms with Crippen molar-refractivity contribution in [1.82, 2.24) is 15.0 Å². The minimum atomic E-state index is -0.679. The van der Waals surface area contributed by atoms with Crippen molar-refractivity contribution in [1.29, 1.82) is 0 Å². The number of hydrogen-bond donors (Lipinski definition) is 0. The van der Waals surface area contributed by atoms with Crippen LogP contribution in [0.4, 0.5) is 0 Å². The zero-order valence-corrected chi connectivity index (χ0v) is 22.1. The fourth-order valence-corrected chi connectivity index (χ4v) is 6.05. The first kappa shape index (κ1) is 25.1. The quantitative estimate of drug-likeness (QED) is 0.404. The Morgan fingerprint density at radius 3 is 2.76 bits per heavy atom. The molecule has 0 bridgehead atoms. The van der Waals surface area contributed by atoms with Gasteiger partial charge in [0.1, 0.15) is 5.69 Å². The van der Waals surface area contributed by atoms with Crippen molar-refractivity contribution in [3.8, 4) is 11.3 Å². The Labute approximate surface area is 227 Å². The second-order valence-electron chi connectivity index (χ2n) is 11.0. The molecule has 2 aliphatic heterocycles. The van der Waals surface area contributed by atoms with Crippen LogP contribution in [0.5, 0.6) is 0 Å². The van der Waals surface area contributed by atoms with Gasteiger partial charge in [-0.3, -0.25) is 9.59 Å². The molecule has 1 aromatic heterocycles. The molecule has 2 saturated heterocycles. The summed E-state index contributed by atoms with van der Waals surface area (Å²) in [5, 5.41) is 4.77. The summed E-state index contributed by atoms with van der Waals surface area (Å²) in [5.41, 5.74) is 1.82. The summed E-state index contributed by atoms with van der Waals surface area (Å²) in [4.78, 5) is 31.2. The lowest BCUT2D eigenvalue weighted by atomic mass is 9.72. The van der Waals surface area contributed by atoms with E-state index in [4.69, 9.17) is 20.9 Å². The number of halogens is 1. The molecular formula is C30H32ClN3O4. The van der Waals surface area contributed by atoms with E-state index in [-0.39, 0.29) is 23.7 Å². The van der Waals surface area contributed by atoms with Gasteiger partial charge in [0.2, 0.25) is 11.7 Å². The molecule has 6 rings (SSSR count). The number of amides is 2. The van der Waals surface area contributed by atoms with Crippen LogP contribution in [0.1, 0.15) is 48.2 Å². The number of carbonyl (C=O) groups excluding carboxylic acids is 2. The molecule has 0 unspecified atom stereocenters. The van der Waals surface area contributed by atoms with E-state index in [9.17, 15) is 9.59 Å². The summed E-state index contributed by atoms with van der Waals surface area (Å²) in [6, 6.07) is 19.0. The van der Waals surface area contributed by atoms with Crippen molar-refractivity contribution in [2.75, 3.05) is 26.2 Å². The molecule has 198 valence electrons. The number of piperidine rings is 2. The zero-order valence-electron chi connectivity index (χ0n) is 21.4. The van der Waals surface area contributed by atoms with Crippen LogP contribution in [-0.4, -0.2) is 59.1 Å². The Bertz CT molecular complexity index is 1310.